The quantitative estimate of drug-likeness (QED) is 0.713. The van der Waals surface area contributed by atoms with Gasteiger partial charge in [0.15, 0.2) is 11.5 Å². The molecule has 1 fully saturated rings. The minimum Gasteiger partial charge on any atom is -0.461 e. The zero-order chi connectivity index (χ0) is 18.8. The Morgan fingerprint density at radius 3 is 2.22 bits per heavy atom. The fourth-order valence-corrected chi connectivity index (χ4v) is 3.06. The standard InChI is InChI=1S/C20H19N3O4/c1-14-4-6-15(7-5-14)19(24)22-8-10-23(11-9-22)20(25)16-13-18(27-21-16)17-3-2-12-26-17/h2-7,12-13H,8-11H2,1H3. The molecule has 0 N–H and O–H groups in total. The second-order valence-corrected chi connectivity index (χ2v) is 6.50. The third-order valence-corrected chi connectivity index (χ3v) is 4.65. The highest BCUT2D eigenvalue weighted by Gasteiger charge is 2.27. The molecule has 1 aliphatic heterocycles. The van der Waals surface area contributed by atoms with Crippen LogP contribution in [0.2, 0.25) is 0 Å². The van der Waals surface area contributed by atoms with E-state index in [1.807, 2.05) is 31.2 Å². The number of nitrogens with zero attached hydrogens (tertiary/aromatic N) is 3. The molecule has 1 aliphatic rings. The van der Waals surface area contributed by atoms with Crippen molar-refractivity contribution in [3.05, 3.63) is 65.5 Å². The van der Waals surface area contributed by atoms with Crippen molar-refractivity contribution in [2.24, 2.45) is 0 Å². The van der Waals surface area contributed by atoms with Crippen LogP contribution in [0.1, 0.15) is 26.4 Å². The number of piperazine rings is 1. The van der Waals surface area contributed by atoms with Crippen molar-refractivity contribution in [2.75, 3.05) is 26.2 Å². The molecule has 0 spiro atoms. The lowest BCUT2D eigenvalue weighted by molar-refractivity contribution is 0.0530. The van der Waals surface area contributed by atoms with Gasteiger partial charge in [0.25, 0.3) is 11.8 Å². The molecule has 3 aromatic rings. The molecular formula is C20H19N3O4. The van der Waals surface area contributed by atoms with Crippen molar-refractivity contribution in [2.45, 2.75) is 6.92 Å². The monoisotopic (exact) mass is 365 g/mol. The fraction of sp³-hybridized carbons (Fsp3) is 0.250. The Labute approximate surface area is 156 Å². The number of hydrogen-bond acceptors (Lipinski definition) is 5. The maximum atomic E-state index is 12.6. The molecule has 0 radical (unpaired) electrons. The number of amides is 2. The van der Waals surface area contributed by atoms with Gasteiger partial charge in [-0.25, -0.2) is 0 Å². The second kappa shape index (κ2) is 7.11. The van der Waals surface area contributed by atoms with Crippen molar-refractivity contribution < 1.29 is 18.5 Å². The highest BCUT2D eigenvalue weighted by molar-refractivity contribution is 5.95. The van der Waals surface area contributed by atoms with Gasteiger partial charge in [-0.1, -0.05) is 22.9 Å². The summed E-state index contributed by atoms with van der Waals surface area (Å²) < 4.78 is 10.4. The summed E-state index contributed by atoms with van der Waals surface area (Å²) in [5.74, 6) is 0.717. The number of hydrogen-bond donors (Lipinski definition) is 0. The first-order valence-electron chi connectivity index (χ1n) is 8.77. The molecule has 3 heterocycles. The molecule has 0 saturated carbocycles. The van der Waals surface area contributed by atoms with Crippen LogP contribution in [0.15, 0.2) is 57.7 Å². The van der Waals surface area contributed by atoms with Crippen LogP contribution in [-0.4, -0.2) is 52.9 Å². The topological polar surface area (TPSA) is 79.8 Å². The Morgan fingerprint density at radius 1 is 0.926 bits per heavy atom. The number of aromatic nitrogens is 1. The van der Waals surface area contributed by atoms with E-state index >= 15 is 0 Å². The van der Waals surface area contributed by atoms with Gasteiger partial charge >= 0.3 is 0 Å². The molecule has 1 saturated heterocycles. The van der Waals surface area contributed by atoms with Gasteiger partial charge in [0.1, 0.15) is 0 Å². The lowest BCUT2D eigenvalue weighted by atomic mass is 10.1. The van der Waals surface area contributed by atoms with Gasteiger partial charge in [0.05, 0.1) is 6.26 Å². The molecule has 0 atom stereocenters. The first-order valence-corrected chi connectivity index (χ1v) is 8.77. The Morgan fingerprint density at radius 2 is 1.59 bits per heavy atom. The van der Waals surface area contributed by atoms with Crippen LogP contribution in [0.5, 0.6) is 0 Å². The van der Waals surface area contributed by atoms with Crippen LogP contribution in [-0.2, 0) is 0 Å². The Bertz CT molecular complexity index is 936. The van der Waals surface area contributed by atoms with E-state index < -0.39 is 0 Å². The molecule has 0 aliphatic carbocycles. The summed E-state index contributed by atoms with van der Waals surface area (Å²) in [4.78, 5) is 28.7. The molecule has 0 bridgehead atoms. The minimum absolute atomic E-state index is 0.0105. The zero-order valence-corrected chi connectivity index (χ0v) is 14.9. The third-order valence-electron chi connectivity index (χ3n) is 4.65. The maximum Gasteiger partial charge on any atom is 0.276 e. The molecule has 4 rings (SSSR count). The Balaban J connectivity index is 1.38. The summed E-state index contributed by atoms with van der Waals surface area (Å²) >= 11 is 0. The van der Waals surface area contributed by atoms with Gasteiger partial charge in [-0.2, -0.15) is 0 Å². The van der Waals surface area contributed by atoms with Gasteiger partial charge < -0.3 is 18.7 Å². The molecule has 27 heavy (non-hydrogen) atoms. The molecule has 0 unspecified atom stereocenters. The minimum atomic E-state index is -0.209. The molecule has 138 valence electrons. The van der Waals surface area contributed by atoms with Gasteiger partial charge in [0, 0.05) is 37.8 Å². The Hall–Kier alpha value is -3.35. The van der Waals surface area contributed by atoms with Gasteiger partial charge in [-0.3, -0.25) is 9.59 Å². The van der Waals surface area contributed by atoms with Gasteiger partial charge in [-0.15, -0.1) is 0 Å². The van der Waals surface area contributed by atoms with Crippen molar-refractivity contribution in [3.63, 3.8) is 0 Å². The maximum absolute atomic E-state index is 12.6. The summed E-state index contributed by atoms with van der Waals surface area (Å²) in [5.41, 5.74) is 2.02. The predicted octanol–water partition coefficient (Wildman–Crippen LogP) is 2.84. The highest BCUT2D eigenvalue weighted by atomic mass is 16.5. The van der Waals surface area contributed by atoms with Crippen LogP contribution in [0.3, 0.4) is 0 Å². The van der Waals surface area contributed by atoms with Crippen molar-refractivity contribution in [1.29, 1.82) is 0 Å². The fourth-order valence-electron chi connectivity index (χ4n) is 3.06. The third kappa shape index (κ3) is 3.48. The van der Waals surface area contributed by atoms with Gasteiger partial charge in [0.2, 0.25) is 5.76 Å². The van der Waals surface area contributed by atoms with Crippen LogP contribution in [0, 0.1) is 6.92 Å². The number of benzene rings is 1. The summed E-state index contributed by atoms with van der Waals surface area (Å²) in [6, 6.07) is 12.6. The second-order valence-electron chi connectivity index (χ2n) is 6.50. The van der Waals surface area contributed by atoms with Gasteiger partial charge in [-0.05, 0) is 31.2 Å². The molecule has 2 aromatic heterocycles. The summed E-state index contributed by atoms with van der Waals surface area (Å²) in [6.45, 7) is 3.88. The molecule has 1 aromatic carbocycles. The molecule has 2 amide bonds. The molecular weight excluding hydrogens is 346 g/mol. The van der Waals surface area contributed by atoms with E-state index in [2.05, 4.69) is 5.16 Å². The zero-order valence-electron chi connectivity index (χ0n) is 14.9. The number of aryl methyl sites for hydroxylation is 1. The van der Waals surface area contributed by atoms with E-state index in [4.69, 9.17) is 8.94 Å². The average Bonchev–Trinajstić information content (AvgIpc) is 3.39. The SMILES string of the molecule is Cc1ccc(C(=O)N2CCN(C(=O)c3cc(-c4ccco4)on3)CC2)cc1. The average molecular weight is 365 g/mol. The Kier molecular flexibility index (Phi) is 4.50. The van der Waals surface area contributed by atoms with E-state index in [0.29, 0.717) is 43.3 Å². The van der Waals surface area contributed by atoms with Crippen molar-refractivity contribution in [3.8, 4) is 11.5 Å². The van der Waals surface area contributed by atoms with Crippen LogP contribution in [0.25, 0.3) is 11.5 Å². The van der Waals surface area contributed by atoms with Crippen molar-refractivity contribution in [1.82, 2.24) is 15.0 Å². The van der Waals surface area contributed by atoms with Crippen LogP contribution in [0.4, 0.5) is 0 Å². The van der Waals surface area contributed by atoms with E-state index in [0.717, 1.165) is 5.56 Å². The smallest absolute Gasteiger partial charge is 0.276 e. The number of carbonyl (C=O) groups excluding carboxylic acids is 2. The largest absolute Gasteiger partial charge is 0.461 e. The molecule has 7 nitrogen and oxygen atoms in total. The highest BCUT2D eigenvalue weighted by Crippen LogP contribution is 2.21. The van der Waals surface area contributed by atoms with E-state index in [1.54, 1.807) is 28.0 Å². The number of carbonyl (C=O) groups is 2. The first-order chi connectivity index (χ1) is 13.1. The lowest BCUT2D eigenvalue weighted by Gasteiger charge is -2.34. The molecule has 7 heteroatoms. The number of rotatable bonds is 3. The first kappa shape index (κ1) is 17.1. The lowest BCUT2D eigenvalue weighted by Crippen LogP contribution is -2.50. The summed E-state index contributed by atoms with van der Waals surface area (Å²) in [5, 5.41) is 3.85. The normalized spacial score (nSPS) is 14.4. The number of furan rings is 1. The van der Waals surface area contributed by atoms with Crippen LogP contribution >= 0.6 is 0 Å². The summed E-state index contributed by atoms with van der Waals surface area (Å²) in [6.07, 6.45) is 1.53. The van der Waals surface area contributed by atoms with E-state index in [1.165, 1.54) is 6.26 Å². The predicted molar refractivity (Wildman–Crippen MR) is 97.2 cm³/mol. The summed E-state index contributed by atoms with van der Waals surface area (Å²) in [7, 11) is 0. The van der Waals surface area contributed by atoms with E-state index in [9.17, 15) is 9.59 Å². The van der Waals surface area contributed by atoms with Crippen molar-refractivity contribution >= 4 is 11.8 Å². The van der Waals surface area contributed by atoms with Crippen LogP contribution < -0.4 is 0 Å². The van der Waals surface area contributed by atoms with E-state index in [-0.39, 0.29) is 17.5 Å².